The van der Waals surface area contributed by atoms with Crippen LogP contribution in [0.15, 0.2) is 0 Å². The van der Waals surface area contributed by atoms with Crippen molar-refractivity contribution in [1.82, 2.24) is 10.2 Å². The van der Waals surface area contributed by atoms with Crippen LogP contribution in [0.25, 0.3) is 0 Å². The molecule has 0 bridgehead atoms. The predicted molar refractivity (Wildman–Crippen MR) is 80.8 cm³/mol. The van der Waals surface area contributed by atoms with E-state index in [9.17, 15) is 13.2 Å². The van der Waals surface area contributed by atoms with Crippen molar-refractivity contribution < 1.29 is 17.9 Å². The van der Waals surface area contributed by atoms with E-state index in [1.165, 1.54) is 0 Å². The van der Waals surface area contributed by atoms with Gasteiger partial charge in [-0.15, -0.1) is 0 Å². The second-order valence-electron chi connectivity index (χ2n) is 6.26. The van der Waals surface area contributed by atoms with E-state index < -0.39 is 9.84 Å². The molecular formula is C14H26N2O4S. The van der Waals surface area contributed by atoms with E-state index in [4.69, 9.17) is 4.74 Å². The maximum atomic E-state index is 11.9. The summed E-state index contributed by atoms with van der Waals surface area (Å²) in [4.78, 5) is 14.2. The molecular weight excluding hydrogens is 292 g/mol. The molecule has 0 aromatic heterocycles. The molecule has 2 heterocycles. The van der Waals surface area contributed by atoms with Crippen LogP contribution >= 0.6 is 0 Å². The molecule has 2 rings (SSSR count). The largest absolute Gasteiger partial charge is 0.373 e. The van der Waals surface area contributed by atoms with E-state index >= 15 is 0 Å². The zero-order valence-electron chi connectivity index (χ0n) is 12.9. The third-order valence-corrected chi connectivity index (χ3v) is 5.82. The first-order chi connectivity index (χ1) is 9.85. The Labute approximate surface area is 127 Å². The number of hydrogen-bond acceptors (Lipinski definition) is 5. The Morgan fingerprint density at radius 3 is 2.52 bits per heavy atom. The Morgan fingerprint density at radius 1 is 1.29 bits per heavy atom. The van der Waals surface area contributed by atoms with Crippen molar-refractivity contribution in [2.75, 3.05) is 37.7 Å². The van der Waals surface area contributed by atoms with E-state index in [1.54, 1.807) is 0 Å². The molecule has 122 valence electrons. The van der Waals surface area contributed by atoms with Gasteiger partial charge >= 0.3 is 0 Å². The number of ether oxygens (including phenoxy) is 1. The summed E-state index contributed by atoms with van der Waals surface area (Å²) in [6, 6.07) is 0. The van der Waals surface area contributed by atoms with Crippen molar-refractivity contribution in [2.45, 2.75) is 38.9 Å². The molecule has 0 radical (unpaired) electrons. The fourth-order valence-electron chi connectivity index (χ4n) is 3.13. The van der Waals surface area contributed by atoms with Crippen molar-refractivity contribution in [2.24, 2.45) is 5.92 Å². The third kappa shape index (κ3) is 5.23. The van der Waals surface area contributed by atoms with Crippen molar-refractivity contribution in [3.63, 3.8) is 0 Å². The highest BCUT2D eigenvalue weighted by Crippen LogP contribution is 2.18. The van der Waals surface area contributed by atoms with Gasteiger partial charge in [-0.2, -0.15) is 0 Å². The molecule has 3 atom stereocenters. The van der Waals surface area contributed by atoms with Gasteiger partial charge in [-0.3, -0.25) is 9.69 Å². The predicted octanol–water partition coefficient (Wildman–Crippen LogP) is 0.0366. The van der Waals surface area contributed by atoms with E-state index in [1.807, 2.05) is 0 Å². The summed E-state index contributed by atoms with van der Waals surface area (Å²) in [6.45, 7) is 7.55. The van der Waals surface area contributed by atoms with Crippen molar-refractivity contribution >= 4 is 15.7 Å². The van der Waals surface area contributed by atoms with Crippen LogP contribution in [0, 0.1) is 5.92 Å². The van der Waals surface area contributed by atoms with Gasteiger partial charge in [0.25, 0.3) is 0 Å². The van der Waals surface area contributed by atoms with Gasteiger partial charge in [0.1, 0.15) is 0 Å². The van der Waals surface area contributed by atoms with Crippen LogP contribution in [-0.4, -0.2) is 69.1 Å². The second-order valence-corrected chi connectivity index (χ2v) is 8.49. The van der Waals surface area contributed by atoms with Gasteiger partial charge in [0.05, 0.1) is 29.6 Å². The van der Waals surface area contributed by atoms with Gasteiger partial charge in [0.2, 0.25) is 5.91 Å². The summed E-state index contributed by atoms with van der Waals surface area (Å²) in [5.41, 5.74) is 0. The van der Waals surface area contributed by atoms with Crippen molar-refractivity contribution in [1.29, 1.82) is 0 Å². The number of nitrogens with one attached hydrogen (secondary N) is 1. The van der Waals surface area contributed by atoms with Crippen LogP contribution in [-0.2, 0) is 19.4 Å². The number of sulfone groups is 1. The number of amides is 1. The minimum Gasteiger partial charge on any atom is -0.373 e. The SMILES string of the molecule is CC1CN(CCCNC(=O)C2CCS(=O)(=O)C2)CC(C)O1. The zero-order valence-corrected chi connectivity index (χ0v) is 13.7. The Bertz CT molecular complexity index is 456. The highest BCUT2D eigenvalue weighted by Gasteiger charge is 2.32. The van der Waals surface area contributed by atoms with E-state index in [2.05, 4.69) is 24.1 Å². The summed E-state index contributed by atoms with van der Waals surface area (Å²) in [6.07, 6.45) is 1.86. The van der Waals surface area contributed by atoms with Gasteiger partial charge in [-0.1, -0.05) is 0 Å². The molecule has 0 spiro atoms. The topological polar surface area (TPSA) is 75.7 Å². The molecule has 0 aliphatic carbocycles. The van der Waals surface area contributed by atoms with E-state index in [-0.39, 0.29) is 35.5 Å². The monoisotopic (exact) mass is 318 g/mol. The average Bonchev–Trinajstić information content (AvgIpc) is 2.74. The molecule has 2 saturated heterocycles. The Balaban J connectivity index is 1.62. The molecule has 7 heteroatoms. The van der Waals surface area contributed by atoms with E-state index in [0.29, 0.717) is 13.0 Å². The molecule has 0 aromatic rings. The van der Waals surface area contributed by atoms with E-state index in [0.717, 1.165) is 26.1 Å². The number of nitrogens with zero attached hydrogens (tertiary/aromatic N) is 1. The van der Waals surface area contributed by atoms with Crippen LogP contribution in [0.4, 0.5) is 0 Å². The normalized spacial score (nSPS) is 33.0. The first kappa shape index (κ1) is 16.7. The van der Waals surface area contributed by atoms with Gasteiger partial charge < -0.3 is 10.1 Å². The van der Waals surface area contributed by atoms with Crippen LogP contribution in [0.5, 0.6) is 0 Å². The summed E-state index contributed by atoms with van der Waals surface area (Å²) in [5.74, 6) is -0.301. The minimum atomic E-state index is -2.98. The lowest BCUT2D eigenvalue weighted by atomic mass is 10.1. The van der Waals surface area contributed by atoms with Crippen molar-refractivity contribution in [3.8, 4) is 0 Å². The molecule has 6 nitrogen and oxygen atoms in total. The zero-order chi connectivity index (χ0) is 15.5. The quantitative estimate of drug-likeness (QED) is 0.724. The number of carbonyl (C=O) groups is 1. The number of hydrogen-bond donors (Lipinski definition) is 1. The maximum absolute atomic E-state index is 11.9. The van der Waals surface area contributed by atoms with Gasteiger partial charge in [-0.25, -0.2) is 8.42 Å². The lowest BCUT2D eigenvalue weighted by Crippen LogP contribution is -2.46. The lowest BCUT2D eigenvalue weighted by molar-refractivity contribution is -0.124. The Morgan fingerprint density at radius 2 is 1.95 bits per heavy atom. The summed E-state index contributed by atoms with van der Waals surface area (Å²) in [5, 5.41) is 2.86. The fourth-order valence-corrected chi connectivity index (χ4v) is 4.87. The summed E-state index contributed by atoms with van der Waals surface area (Å²) in [7, 11) is -2.98. The molecule has 0 saturated carbocycles. The third-order valence-electron chi connectivity index (χ3n) is 4.05. The molecule has 2 fully saturated rings. The molecule has 0 aromatic carbocycles. The van der Waals surface area contributed by atoms with Crippen molar-refractivity contribution in [3.05, 3.63) is 0 Å². The molecule has 1 N–H and O–H groups in total. The first-order valence-corrected chi connectivity index (χ1v) is 9.54. The van der Waals surface area contributed by atoms with Crippen LogP contribution in [0.2, 0.25) is 0 Å². The van der Waals surface area contributed by atoms with Gasteiger partial charge in [-0.05, 0) is 26.7 Å². The highest BCUT2D eigenvalue weighted by molar-refractivity contribution is 7.91. The molecule has 21 heavy (non-hydrogen) atoms. The lowest BCUT2D eigenvalue weighted by Gasteiger charge is -2.35. The fraction of sp³-hybridized carbons (Fsp3) is 0.929. The summed E-state index contributed by atoms with van der Waals surface area (Å²) < 4.78 is 28.4. The molecule has 1 amide bonds. The smallest absolute Gasteiger partial charge is 0.224 e. The maximum Gasteiger partial charge on any atom is 0.224 e. The van der Waals surface area contributed by atoms with Crippen LogP contribution in [0.1, 0.15) is 26.7 Å². The Kier molecular flexibility index (Phi) is 5.62. The molecule has 2 aliphatic heterocycles. The van der Waals surface area contributed by atoms with Crippen LogP contribution in [0.3, 0.4) is 0 Å². The minimum absolute atomic E-state index is 0.0112. The number of carbonyl (C=O) groups excluding carboxylic acids is 1. The van der Waals surface area contributed by atoms with Gasteiger partial charge in [0.15, 0.2) is 9.84 Å². The highest BCUT2D eigenvalue weighted by atomic mass is 32.2. The number of morpholine rings is 1. The molecule has 2 aliphatic rings. The van der Waals surface area contributed by atoms with Gasteiger partial charge in [0, 0.05) is 26.2 Å². The second kappa shape index (κ2) is 7.07. The average molecular weight is 318 g/mol. The first-order valence-electron chi connectivity index (χ1n) is 7.71. The Hall–Kier alpha value is -0.660. The molecule has 3 unspecified atom stereocenters. The van der Waals surface area contributed by atoms with Crippen LogP contribution < -0.4 is 5.32 Å². The summed E-state index contributed by atoms with van der Waals surface area (Å²) >= 11 is 0. The standard InChI is InChI=1S/C14H26N2O4S/c1-11-8-16(9-12(2)20-11)6-3-5-15-14(17)13-4-7-21(18,19)10-13/h11-13H,3-10H2,1-2H3,(H,15,17). The number of rotatable bonds is 5.